The molecule has 1 aliphatic rings. The number of phenols is 1. The third kappa shape index (κ3) is 4.46. The lowest BCUT2D eigenvalue weighted by molar-refractivity contribution is -0.364. The first kappa shape index (κ1) is 23.3. The van der Waals surface area contributed by atoms with E-state index in [0.29, 0.717) is 26.2 Å². The van der Waals surface area contributed by atoms with Crippen molar-refractivity contribution >= 4 is 28.8 Å². The molecule has 3 aromatic rings. The van der Waals surface area contributed by atoms with Crippen LogP contribution in [0.1, 0.15) is 31.1 Å². The fourth-order valence-electron chi connectivity index (χ4n) is 3.90. The lowest BCUT2D eigenvalue weighted by Gasteiger charge is -2.31. The number of hydrogen-bond acceptors (Lipinski definition) is 7. The first-order valence-electron chi connectivity index (χ1n) is 11.5. The van der Waals surface area contributed by atoms with Gasteiger partial charge in [0.25, 0.3) is 22.6 Å². The van der Waals surface area contributed by atoms with E-state index in [9.17, 15) is 19.5 Å². The van der Waals surface area contributed by atoms with Gasteiger partial charge in [0.15, 0.2) is 5.75 Å². The molecule has 1 amide bonds. The molecule has 2 aromatic carbocycles. The fourth-order valence-corrected chi connectivity index (χ4v) is 3.90. The number of hydrogen-bond donors (Lipinski definition) is 3. The number of aromatic nitrogens is 1. The molecule has 1 aromatic heterocycles. The van der Waals surface area contributed by atoms with E-state index in [-0.39, 0.29) is 46.2 Å². The summed E-state index contributed by atoms with van der Waals surface area (Å²) in [5.74, 6) is 0.719. The number of para-hydroxylation sites is 1. The van der Waals surface area contributed by atoms with Crippen molar-refractivity contribution < 1.29 is 14.9 Å². The van der Waals surface area contributed by atoms with Crippen molar-refractivity contribution in [2.75, 3.05) is 41.7 Å². The van der Waals surface area contributed by atoms with Crippen molar-refractivity contribution in [2.24, 2.45) is 5.92 Å². The molecule has 1 saturated heterocycles. The van der Waals surface area contributed by atoms with Gasteiger partial charge in [0.2, 0.25) is 0 Å². The monoisotopic (exact) mass is 464 g/mol. The number of pyridine rings is 1. The molecule has 9 nitrogen and oxygen atoms in total. The summed E-state index contributed by atoms with van der Waals surface area (Å²) in [5.41, 5.74) is -0.579. The van der Waals surface area contributed by atoms with Gasteiger partial charge in [-0.3, -0.25) is 19.3 Å². The van der Waals surface area contributed by atoms with Crippen LogP contribution in [0.2, 0.25) is 0 Å². The minimum atomic E-state index is -0.650. The summed E-state index contributed by atoms with van der Waals surface area (Å²) in [6.07, 6.45) is 1.86. The van der Waals surface area contributed by atoms with E-state index in [0.717, 1.165) is 5.82 Å². The Morgan fingerprint density at radius 1 is 0.971 bits per heavy atom. The van der Waals surface area contributed by atoms with Gasteiger partial charge in [-0.15, -0.1) is 0 Å². The maximum atomic E-state index is 13.2. The quantitative estimate of drug-likeness (QED) is 0.362. The van der Waals surface area contributed by atoms with Gasteiger partial charge < -0.3 is 20.6 Å². The van der Waals surface area contributed by atoms with Crippen LogP contribution in [-0.2, 0) is 0 Å². The summed E-state index contributed by atoms with van der Waals surface area (Å²) in [6.45, 7) is 8.30. The third-order valence-electron chi connectivity index (χ3n) is 6.41. The number of H-pyrrole nitrogens is 1. The van der Waals surface area contributed by atoms with Crippen LogP contribution in [0.3, 0.4) is 0 Å². The summed E-state index contributed by atoms with van der Waals surface area (Å²) in [5, 5.41) is 16.8. The number of nitrogens with zero attached hydrogens (tertiary/aromatic N) is 2. The van der Waals surface area contributed by atoms with Crippen LogP contribution in [0, 0.1) is 5.92 Å². The van der Waals surface area contributed by atoms with Gasteiger partial charge >= 0.3 is 0 Å². The molecule has 1 fully saturated rings. The van der Waals surface area contributed by atoms with Crippen molar-refractivity contribution in [3.05, 3.63) is 68.6 Å². The zero-order valence-electron chi connectivity index (χ0n) is 19.6. The number of phenolic OH excluding ortho intramolecular Hbond substituents is 1. The van der Waals surface area contributed by atoms with Gasteiger partial charge in [0.05, 0.1) is 30.5 Å². The predicted molar refractivity (Wildman–Crippen MR) is 132 cm³/mol. The molecule has 1 atom stereocenters. The SMILES string of the molecule is CC(C)[C@H](C)Nc1c(Nc2cccc(C(=O)N3CCN(c4cccc[nH+]4)CC3)c2O)c(=O)c1=O. The Kier molecular flexibility index (Phi) is 6.54. The second kappa shape index (κ2) is 9.54. The fraction of sp³-hybridized carbons (Fsp3) is 0.360. The van der Waals surface area contributed by atoms with Gasteiger partial charge in [-0.25, -0.2) is 4.98 Å². The Morgan fingerprint density at radius 3 is 2.32 bits per heavy atom. The number of piperazine rings is 1. The van der Waals surface area contributed by atoms with Crippen LogP contribution in [-0.4, -0.2) is 48.1 Å². The van der Waals surface area contributed by atoms with E-state index in [1.54, 1.807) is 23.1 Å². The number of nitrogens with one attached hydrogen (secondary N) is 3. The van der Waals surface area contributed by atoms with E-state index in [2.05, 4.69) is 20.5 Å². The third-order valence-corrected chi connectivity index (χ3v) is 6.41. The second-order valence-corrected chi connectivity index (χ2v) is 8.94. The van der Waals surface area contributed by atoms with Crippen LogP contribution >= 0.6 is 0 Å². The molecule has 178 valence electrons. The number of carbonyl (C=O) groups excluding carboxylic acids is 1. The largest absolute Gasteiger partial charge is 0.505 e. The van der Waals surface area contributed by atoms with Crippen LogP contribution < -0.4 is 31.4 Å². The Hall–Kier alpha value is -3.88. The summed E-state index contributed by atoms with van der Waals surface area (Å²) in [6, 6.07) is 10.6. The minimum absolute atomic E-state index is 0.0162. The molecule has 1 aliphatic heterocycles. The van der Waals surface area contributed by atoms with Crippen molar-refractivity contribution in [3.63, 3.8) is 0 Å². The van der Waals surface area contributed by atoms with E-state index in [4.69, 9.17) is 0 Å². The second-order valence-electron chi connectivity index (χ2n) is 8.94. The molecule has 2 heterocycles. The maximum absolute atomic E-state index is 13.2. The number of amides is 1. The van der Waals surface area contributed by atoms with Crippen LogP contribution in [0.4, 0.5) is 22.9 Å². The molecule has 9 heteroatoms. The Bertz CT molecular complexity index is 1240. The number of anilines is 4. The zero-order valence-corrected chi connectivity index (χ0v) is 19.6. The van der Waals surface area contributed by atoms with Crippen molar-refractivity contribution in [1.82, 2.24) is 4.90 Å². The Labute approximate surface area is 197 Å². The van der Waals surface area contributed by atoms with Crippen molar-refractivity contribution in [1.29, 1.82) is 0 Å². The number of carbonyl (C=O) groups is 1. The Balaban J connectivity index is 1.48. The van der Waals surface area contributed by atoms with Gasteiger partial charge in [-0.1, -0.05) is 26.0 Å². The van der Waals surface area contributed by atoms with Crippen LogP contribution in [0.5, 0.6) is 5.75 Å². The topological polar surface area (TPSA) is 116 Å². The van der Waals surface area contributed by atoms with Crippen molar-refractivity contribution in [3.8, 4) is 5.75 Å². The van der Waals surface area contributed by atoms with Crippen LogP contribution in [0.25, 0.3) is 0 Å². The molecule has 34 heavy (non-hydrogen) atoms. The van der Waals surface area contributed by atoms with Gasteiger partial charge in [0.1, 0.15) is 24.5 Å². The molecule has 0 bridgehead atoms. The summed E-state index contributed by atoms with van der Waals surface area (Å²) >= 11 is 0. The Morgan fingerprint density at radius 2 is 1.68 bits per heavy atom. The first-order valence-corrected chi connectivity index (χ1v) is 11.5. The molecule has 0 saturated carbocycles. The summed E-state index contributed by atoms with van der Waals surface area (Å²) in [4.78, 5) is 44.5. The first-order chi connectivity index (χ1) is 16.3. The van der Waals surface area contributed by atoms with E-state index in [1.165, 1.54) is 0 Å². The summed E-state index contributed by atoms with van der Waals surface area (Å²) < 4.78 is 0. The van der Waals surface area contributed by atoms with Gasteiger partial charge in [-0.05, 0) is 31.0 Å². The number of rotatable bonds is 7. The number of aromatic amines is 1. The molecule has 0 spiro atoms. The predicted octanol–water partition coefficient (Wildman–Crippen LogP) is 1.96. The average molecular weight is 465 g/mol. The van der Waals surface area contributed by atoms with E-state index in [1.807, 2.05) is 45.2 Å². The summed E-state index contributed by atoms with van der Waals surface area (Å²) in [7, 11) is 0. The highest BCUT2D eigenvalue weighted by Gasteiger charge is 2.29. The molecule has 4 rings (SSSR count). The highest BCUT2D eigenvalue weighted by atomic mass is 16.3. The molecule has 0 radical (unpaired) electrons. The van der Waals surface area contributed by atoms with E-state index >= 15 is 0 Å². The number of aromatic hydroxyl groups is 1. The lowest BCUT2D eigenvalue weighted by Crippen LogP contribution is -2.50. The highest BCUT2D eigenvalue weighted by Crippen LogP contribution is 2.32. The minimum Gasteiger partial charge on any atom is -0.505 e. The average Bonchev–Trinajstić information content (AvgIpc) is 2.86. The van der Waals surface area contributed by atoms with Gasteiger partial charge in [0, 0.05) is 12.1 Å². The molecule has 4 N–H and O–H groups in total. The molecule has 0 unspecified atom stereocenters. The number of benzene rings is 1. The van der Waals surface area contributed by atoms with Gasteiger partial charge in [-0.2, -0.15) is 0 Å². The highest BCUT2D eigenvalue weighted by molar-refractivity contribution is 5.99. The van der Waals surface area contributed by atoms with Crippen molar-refractivity contribution in [2.45, 2.75) is 26.8 Å². The smallest absolute Gasteiger partial charge is 0.274 e. The standard InChI is InChI=1S/C25H29N5O4/c1-15(2)16(3)27-20-21(24(33)23(20)32)28-18-8-6-7-17(22(18)31)25(34)30-13-11-29(12-14-30)19-9-4-5-10-26-19/h4-10,15-16,27-28,31H,11-14H2,1-3H3/p+1/t16-/m0/s1. The normalized spacial score (nSPS) is 14.9. The molecular formula is C25H30N5O4+. The lowest BCUT2D eigenvalue weighted by atomic mass is 10.0. The zero-order chi connectivity index (χ0) is 24.4. The maximum Gasteiger partial charge on any atom is 0.274 e. The van der Waals surface area contributed by atoms with E-state index < -0.39 is 10.9 Å². The van der Waals surface area contributed by atoms with Crippen LogP contribution in [0.15, 0.2) is 52.2 Å². The molecule has 0 aliphatic carbocycles. The molecular weight excluding hydrogens is 434 g/mol.